The van der Waals surface area contributed by atoms with E-state index in [4.69, 9.17) is 5.73 Å². The van der Waals surface area contributed by atoms with Crippen molar-refractivity contribution in [2.45, 2.75) is 19.4 Å². The topological polar surface area (TPSA) is 52.3 Å². The van der Waals surface area contributed by atoms with E-state index in [9.17, 15) is 9.18 Å². The zero-order valence-corrected chi connectivity index (χ0v) is 8.79. The summed E-state index contributed by atoms with van der Waals surface area (Å²) in [5, 5.41) is 0. The normalized spacial score (nSPS) is 12.3. The van der Waals surface area contributed by atoms with E-state index in [-0.39, 0.29) is 12.2 Å². The predicted molar refractivity (Wildman–Crippen MR) is 54.8 cm³/mol. The van der Waals surface area contributed by atoms with Crippen molar-refractivity contribution >= 4 is 5.97 Å². The van der Waals surface area contributed by atoms with Crippen LogP contribution in [0.15, 0.2) is 18.2 Å². The third kappa shape index (κ3) is 2.76. The van der Waals surface area contributed by atoms with Crippen molar-refractivity contribution in [2.75, 3.05) is 7.11 Å². The monoisotopic (exact) mass is 211 g/mol. The number of aryl methyl sites for hydroxylation is 1. The van der Waals surface area contributed by atoms with Crippen molar-refractivity contribution in [1.29, 1.82) is 0 Å². The Morgan fingerprint density at radius 1 is 1.60 bits per heavy atom. The van der Waals surface area contributed by atoms with Gasteiger partial charge in [-0.15, -0.1) is 0 Å². The van der Waals surface area contributed by atoms with Gasteiger partial charge in [0.2, 0.25) is 0 Å². The lowest BCUT2D eigenvalue weighted by atomic mass is 10.0. The lowest BCUT2D eigenvalue weighted by molar-refractivity contribution is -0.142. The van der Waals surface area contributed by atoms with Crippen molar-refractivity contribution in [3.63, 3.8) is 0 Å². The number of nitrogens with two attached hydrogens (primary N) is 1. The fourth-order valence-electron chi connectivity index (χ4n) is 1.34. The molecule has 82 valence electrons. The molecule has 1 aromatic rings. The van der Waals surface area contributed by atoms with Gasteiger partial charge < -0.3 is 10.5 Å². The van der Waals surface area contributed by atoms with E-state index in [0.29, 0.717) is 11.1 Å². The Morgan fingerprint density at radius 2 is 2.27 bits per heavy atom. The first kappa shape index (κ1) is 11.7. The van der Waals surface area contributed by atoms with E-state index in [1.54, 1.807) is 25.1 Å². The molecule has 0 amide bonds. The summed E-state index contributed by atoms with van der Waals surface area (Å²) in [5.74, 6) is -0.840. The second kappa shape index (κ2) is 4.89. The van der Waals surface area contributed by atoms with Crippen molar-refractivity contribution in [3.8, 4) is 0 Å². The smallest absolute Gasteiger partial charge is 0.322 e. The minimum Gasteiger partial charge on any atom is -0.468 e. The molecule has 0 heterocycles. The maximum Gasteiger partial charge on any atom is 0.322 e. The fraction of sp³-hybridized carbons (Fsp3) is 0.364. The molecule has 0 fully saturated rings. The van der Waals surface area contributed by atoms with Gasteiger partial charge in [0.25, 0.3) is 0 Å². The van der Waals surface area contributed by atoms with E-state index >= 15 is 0 Å². The molecule has 2 N–H and O–H groups in total. The molecule has 0 radical (unpaired) electrons. The van der Waals surface area contributed by atoms with Crippen molar-refractivity contribution in [2.24, 2.45) is 5.73 Å². The number of carbonyl (C=O) groups is 1. The van der Waals surface area contributed by atoms with Crippen LogP contribution >= 0.6 is 0 Å². The minimum absolute atomic E-state index is 0.153. The molecule has 0 unspecified atom stereocenters. The van der Waals surface area contributed by atoms with Gasteiger partial charge in [-0.2, -0.15) is 0 Å². The second-order valence-corrected chi connectivity index (χ2v) is 3.38. The summed E-state index contributed by atoms with van der Waals surface area (Å²) >= 11 is 0. The molecular weight excluding hydrogens is 197 g/mol. The molecule has 0 aliphatic heterocycles. The highest BCUT2D eigenvalue weighted by Crippen LogP contribution is 2.13. The van der Waals surface area contributed by atoms with E-state index in [1.807, 2.05) is 0 Å². The Balaban J connectivity index is 2.81. The van der Waals surface area contributed by atoms with Crippen molar-refractivity contribution in [3.05, 3.63) is 35.1 Å². The van der Waals surface area contributed by atoms with Crippen LogP contribution in [0.1, 0.15) is 11.1 Å². The minimum atomic E-state index is -0.814. The molecule has 0 aliphatic rings. The molecule has 0 aliphatic carbocycles. The summed E-state index contributed by atoms with van der Waals surface area (Å²) in [6, 6.07) is 4.21. The highest BCUT2D eigenvalue weighted by molar-refractivity contribution is 5.75. The summed E-state index contributed by atoms with van der Waals surface area (Å²) in [4.78, 5) is 11.0. The molecule has 0 aromatic heterocycles. The molecule has 1 rings (SSSR count). The number of esters is 1. The van der Waals surface area contributed by atoms with E-state index in [1.165, 1.54) is 7.11 Å². The van der Waals surface area contributed by atoms with Crippen LogP contribution in [0.2, 0.25) is 0 Å². The Hall–Kier alpha value is -1.42. The molecule has 1 aromatic carbocycles. The summed E-state index contributed by atoms with van der Waals surface area (Å²) in [6.07, 6.45) is 0.153. The Labute approximate surface area is 88.0 Å². The largest absolute Gasteiger partial charge is 0.468 e. The van der Waals surface area contributed by atoms with Crippen LogP contribution in [0.5, 0.6) is 0 Å². The number of carbonyl (C=O) groups excluding carboxylic acids is 1. The lowest BCUT2D eigenvalue weighted by Crippen LogP contribution is -2.33. The third-order valence-electron chi connectivity index (χ3n) is 2.22. The number of hydrogen-bond donors (Lipinski definition) is 1. The predicted octanol–water partition coefficient (Wildman–Crippen LogP) is 1.18. The summed E-state index contributed by atoms with van der Waals surface area (Å²) in [6.45, 7) is 1.67. The van der Waals surface area contributed by atoms with Gasteiger partial charge in [-0.3, -0.25) is 4.79 Å². The fourth-order valence-corrected chi connectivity index (χ4v) is 1.34. The first-order valence-electron chi connectivity index (χ1n) is 4.63. The number of benzene rings is 1. The molecule has 3 nitrogen and oxygen atoms in total. The molecular formula is C11H14FNO2. The first-order valence-corrected chi connectivity index (χ1v) is 4.63. The molecule has 0 bridgehead atoms. The summed E-state index contributed by atoms with van der Waals surface area (Å²) < 4.78 is 18.0. The highest BCUT2D eigenvalue weighted by Gasteiger charge is 2.16. The first-order chi connectivity index (χ1) is 7.06. The second-order valence-electron chi connectivity index (χ2n) is 3.38. The van der Waals surface area contributed by atoms with Gasteiger partial charge in [-0.05, 0) is 18.1 Å². The van der Waals surface area contributed by atoms with Crippen LogP contribution in [0.4, 0.5) is 4.39 Å². The zero-order valence-electron chi connectivity index (χ0n) is 8.79. The number of hydrogen-bond acceptors (Lipinski definition) is 3. The molecule has 0 saturated heterocycles. The maximum absolute atomic E-state index is 13.5. The third-order valence-corrected chi connectivity index (χ3v) is 2.22. The van der Waals surface area contributed by atoms with Crippen LogP contribution < -0.4 is 5.73 Å². The molecule has 0 spiro atoms. The maximum atomic E-state index is 13.5. The Kier molecular flexibility index (Phi) is 3.80. The SMILES string of the molecule is COC(=O)[C@H](N)Cc1cccc(C)c1F. The lowest BCUT2D eigenvalue weighted by Gasteiger charge is -2.10. The van der Waals surface area contributed by atoms with Crippen LogP contribution in [0.3, 0.4) is 0 Å². The van der Waals surface area contributed by atoms with Gasteiger partial charge in [-0.1, -0.05) is 18.2 Å². The molecule has 0 saturated carbocycles. The van der Waals surface area contributed by atoms with Crippen molar-refractivity contribution in [1.82, 2.24) is 0 Å². The van der Waals surface area contributed by atoms with Gasteiger partial charge in [-0.25, -0.2) is 4.39 Å². The molecule has 1 atom stereocenters. The van der Waals surface area contributed by atoms with Gasteiger partial charge >= 0.3 is 5.97 Å². The number of ether oxygens (including phenoxy) is 1. The summed E-state index contributed by atoms with van der Waals surface area (Å²) in [7, 11) is 1.26. The zero-order chi connectivity index (χ0) is 11.4. The van der Waals surface area contributed by atoms with E-state index in [0.717, 1.165) is 0 Å². The van der Waals surface area contributed by atoms with E-state index in [2.05, 4.69) is 4.74 Å². The summed E-state index contributed by atoms with van der Waals surface area (Å²) in [5.41, 5.74) is 6.52. The molecule has 4 heteroatoms. The average molecular weight is 211 g/mol. The van der Waals surface area contributed by atoms with Crippen LogP contribution in [0.25, 0.3) is 0 Å². The van der Waals surface area contributed by atoms with Crippen LogP contribution in [0, 0.1) is 12.7 Å². The van der Waals surface area contributed by atoms with Gasteiger partial charge in [0.05, 0.1) is 7.11 Å². The Morgan fingerprint density at radius 3 is 2.87 bits per heavy atom. The van der Waals surface area contributed by atoms with Gasteiger partial charge in [0, 0.05) is 6.42 Å². The average Bonchev–Trinajstić information content (AvgIpc) is 2.23. The Bertz CT molecular complexity index is 366. The van der Waals surface area contributed by atoms with Gasteiger partial charge in [0.15, 0.2) is 0 Å². The quantitative estimate of drug-likeness (QED) is 0.764. The molecule has 15 heavy (non-hydrogen) atoms. The van der Waals surface area contributed by atoms with Crippen LogP contribution in [-0.4, -0.2) is 19.1 Å². The standard InChI is InChI=1S/C11H14FNO2/c1-7-4-3-5-8(10(7)12)6-9(13)11(14)15-2/h3-5,9H,6,13H2,1-2H3/t9-/m1/s1. The number of halogens is 1. The highest BCUT2D eigenvalue weighted by atomic mass is 19.1. The number of rotatable bonds is 3. The number of methoxy groups -OCH3 is 1. The van der Waals surface area contributed by atoms with E-state index < -0.39 is 12.0 Å². The van der Waals surface area contributed by atoms with Crippen LogP contribution in [-0.2, 0) is 16.0 Å². The van der Waals surface area contributed by atoms with Crippen molar-refractivity contribution < 1.29 is 13.9 Å². The van der Waals surface area contributed by atoms with Gasteiger partial charge in [0.1, 0.15) is 11.9 Å².